The molecule has 1 heterocycles. The van der Waals surface area contributed by atoms with Gasteiger partial charge in [-0.05, 0) is 51.7 Å². The van der Waals surface area contributed by atoms with Gasteiger partial charge in [0, 0.05) is 10.4 Å². The number of aryl methyl sites for hydroxylation is 2. The van der Waals surface area contributed by atoms with Crippen molar-refractivity contribution in [3.8, 4) is 17.0 Å². The molecule has 0 unspecified atom stereocenters. The molecule has 0 aliphatic rings. The van der Waals surface area contributed by atoms with Crippen molar-refractivity contribution in [2.45, 2.75) is 67.9 Å². The highest BCUT2D eigenvalue weighted by Gasteiger charge is 2.14. The summed E-state index contributed by atoms with van der Waals surface area (Å²) in [5.74, 6) is 1.60. The summed E-state index contributed by atoms with van der Waals surface area (Å²) < 4.78 is 5.91. The van der Waals surface area contributed by atoms with Crippen molar-refractivity contribution >= 4 is 11.3 Å². The highest BCUT2D eigenvalue weighted by molar-refractivity contribution is 7.12. The molecule has 0 bridgehead atoms. The molecular weight excluding hydrogens is 302 g/mol. The van der Waals surface area contributed by atoms with E-state index in [1.807, 2.05) is 25.2 Å². The molecule has 128 valence electrons. The van der Waals surface area contributed by atoms with Gasteiger partial charge in [-0.3, -0.25) is 0 Å². The van der Waals surface area contributed by atoms with E-state index in [0.717, 1.165) is 28.4 Å². The molecule has 1 aromatic carbocycles. The lowest BCUT2D eigenvalue weighted by atomic mass is 10.0. The lowest BCUT2D eigenvalue weighted by Gasteiger charge is -2.14. The van der Waals surface area contributed by atoms with E-state index in [1.165, 1.54) is 10.4 Å². The fraction of sp³-hybridized carbons (Fsp3) is 0.550. The van der Waals surface area contributed by atoms with Crippen LogP contribution in [0.5, 0.6) is 5.75 Å². The first-order chi connectivity index (χ1) is 10.9. The highest BCUT2D eigenvalue weighted by atomic mass is 32.1. The molecule has 0 aliphatic carbocycles. The van der Waals surface area contributed by atoms with Crippen LogP contribution in [0.3, 0.4) is 0 Å². The van der Waals surface area contributed by atoms with Gasteiger partial charge in [-0.2, -0.15) is 0 Å². The molecule has 2 aromatic rings. The lowest BCUT2D eigenvalue weighted by molar-refractivity contribution is 0.241. The normalized spacial score (nSPS) is 10.7. The molecular formula is C20H31NOS. The monoisotopic (exact) mass is 333 g/mol. The van der Waals surface area contributed by atoms with Gasteiger partial charge in [-0.15, -0.1) is 11.3 Å². The Hall–Kier alpha value is -1.35. The van der Waals surface area contributed by atoms with Crippen molar-refractivity contribution in [3.63, 3.8) is 0 Å². The summed E-state index contributed by atoms with van der Waals surface area (Å²) in [7, 11) is 0. The Morgan fingerprint density at radius 3 is 2.30 bits per heavy atom. The topological polar surface area (TPSA) is 22.1 Å². The molecule has 0 N–H and O–H groups in total. The van der Waals surface area contributed by atoms with Crippen LogP contribution in [0.25, 0.3) is 11.3 Å². The fourth-order valence-corrected chi connectivity index (χ4v) is 3.50. The minimum absolute atomic E-state index is 0.186. The zero-order chi connectivity index (χ0) is 17.6. The van der Waals surface area contributed by atoms with E-state index in [9.17, 15) is 0 Å². The fourth-order valence-electron chi connectivity index (χ4n) is 2.33. The van der Waals surface area contributed by atoms with E-state index in [0.29, 0.717) is 5.92 Å². The van der Waals surface area contributed by atoms with Crippen LogP contribution in [0.15, 0.2) is 18.2 Å². The molecule has 0 aliphatic heterocycles. The van der Waals surface area contributed by atoms with Crippen molar-refractivity contribution in [1.29, 1.82) is 0 Å². The number of nitrogens with zero attached hydrogens (tertiary/aromatic N) is 1. The van der Waals surface area contributed by atoms with Crippen molar-refractivity contribution in [2.24, 2.45) is 5.92 Å². The van der Waals surface area contributed by atoms with Crippen LogP contribution in [0.1, 0.15) is 57.0 Å². The Labute approximate surface area is 145 Å². The minimum atomic E-state index is 0.186. The number of aromatic nitrogens is 1. The third-order valence-corrected chi connectivity index (χ3v) is 4.22. The van der Waals surface area contributed by atoms with Crippen molar-refractivity contribution < 1.29 is 4.74 Å². The van der Waals surface area contributed by atoms with Gasteiger partial charge in [-0.25, -0.2) is 4.98 Å². The second kappa shape index (κ2) is 9.07. The Morgan fingerprint density at radius 2 is 1.74 bits per heavy atom. The molecule has 0 atom stereocenters. The number of hydrogen-bond acceptors (Lipinski definition) is 3. The third-order valence-electron chi connectivity index (χ3n) is 3.22. The molecule has 1 aromatic heterocycles. The van der Waals surface area contributed by atoms with E-state index in [1.54, 1.807) is 0 Å². The summed E-state index contributed by atoms with van der Waals surface area (Å²) in [6.07, 6.45) is 1.26. The molecule has 2 nitrogen and oxygen atoms in total. The van der Waals surface area contributed by atoms with Crippen LogP contribution in [0.4, 0.5) is 0 Å². The Morgan fingerprint density at radius 1 is 1.09 bits per heavy atom. The zero-order valence-corrected chi connectivity index (χ0v) is 16.7. The summed E-state index contributed by atoms with van der Waals surface area (Å²) in [4.78, 5) is 6.12. The maximum absolute atomic E-state index is 5.91. The highest BCUT2D eigenvalue weighted by Crippen LogP contribution is 2.33. The van der Waals surface area contributed by atoms with Gasteiger partial charge in [0.1, 0.15) is 5.75 Å². The maximum atomic E-state index is 5.91. The van der Waals surface area contributed by atoms with E-state index in [4.69, 9.17) is 9.72 Å². The number of benzene rings is 1. The maximum Gasteiger partial charge on any atom is 0.123 e. The van der Waals surface area contributed by atoms with Gasteiger partial charge in [0.15, 0.2) is 0 Å². The summed E-state index contributed by atoms with van der Waals surface area (Å²) in [5, 5.41) is 1.13. The van der Waals surface area contributed by atoms with Crippen LogP contribution in [-0.4, -0.2) is 11.1 Å². The Kier molecular flexibility index (Phi) is 7.77. The SMILES string of the molecule is CC.Cc1nc(-c2ccc(C)c(OC(C)C)c2)c(CC(C)C)s1. The van der Waals surface area contributed by atoms with Gasteiger partial charge < -0.3 is 4.74 Å². The van der Waals surface area contributed by atoms with Gasteiger partial charge in [-0.1, -0.05) is 39.8 Å². The summed E-state index contributed by atoms with van der Waals surface area (Å²) in [6.45, 7) is 16.8. The van der Waals surface area contributed by atoms with Gasteiger partial charge in [0.2, 0.25) is 0 Å². The first kappa shape index (κ1) is 19.7. The predicted octanol–water partition coefficient (Wildman–Crippen LogP) is 6.44. The minimum Gasteiger partial charge on any atom is -0.491 e. The molecule has 23 heavy (non-hydrogen) atoms. The Bertz CT molecular complexity index is 614. The zero-order valence-electron chi connectivity index (χ0n) is 15.9. The average Bonchev–Trinajstić information content (AvgIpc) is 2.83. The average molecular weight is 334 g/mol. The number of rotatable bonds is 5. The van der Waals surface area contributed by atoms with Crippen LogP contribution in [0, 0.1) is 19.8 Å². The quantitative estimate of drug-likeness (QED) is 0.628. The predicted molar refractivity (Wildman–Crippen MR) is 103 cm³/mol. The van der Waals surface area contributed by atoms with E-state index in [2.05, 4.69) is 59.7 Å². The van der Waals surface area contributed by atoms with Crippen molar-refractivity contribution in [3.05, 3.63) is 33.6 Å². The van der Waals surface area contributed by atoms with Crippen molar-refractivity contribution in [2.75, 3.05) is 0 Å². The molecule has 0 saturated heterocycles. The van der Waals surface area contributed by atoms with Gasteiger partial charge >= 0.3 is 0 Å². The lowest BCUT2D eigenvalue weighted by Crippen LogP contribution is -2.06. The van der Waals surface area contributed by atoms with E-state index < -0.39 is 0 Å². The van der Waals surface area contributed by atoms with Crippen molar-refractivity contribution in [1.82, 2.24) is 4.98 Å². The molecule has 0 amide bonds. The third kappa shape index (κ3) is 5.65. The second-order valence-corrected chi connectivity index (χ2v) is 7.54. The molecule has 0 spiro atoms. The largest absolute Gasteiger partial charge is 0.491 e. The number of ether oxygens (including phenoxy) is 1. The Balaban J connectivity index is 0.00000127. The molecule has 0 saturated carbocycles. The standard InChI is InChI=1S/C18H25NOS.C2H6/c1-11(2)9-17-18(19-14(6)21-17)15-8-7-13(5)16(10-15)20-12(3)4;1-2/h7-8,10-12H,9H2,1-6H3;1-2H3. The number of thiazole rings is 1. The number of hydrogen-bond donors (Lipinski definition) is 0. The first-order valence-electron chi connectivity index (χ1n) is 8.60. The summed E-state index contributed by atoms with van der Waals surface area (Å²) >= 11 is 1.81. The van der Waals surface area contributed by atoms with Gasteiger partial charge in [0.05, 0.1) is 16.8 Å². The molecule has 0 fully saturated rings. The van der Waals surface area contributed by atoms with Crippen LogP contribution in [-0.2, 0) is 6.42 Å². The van der Waals surface area contributed by atoms with Crippen LogP contribution >= 0.6 is 11.3 Å². The molecule has 3 heteroatoms. The molecule has 0 radical (unpaired) electrons. The smallest absolute Gasteiger partial charge is 0.123 e. The summed E-state index contributed by atoms with van der Waals surface area (Å²) in [6, 6.07) is 6.41. The first-order valence-corrected chi connectivity index (χ1v) is 9.42. The van der Waals surface area contributed by atoms with Crippen LogP contribution < -0.4 is 4.74 Å². The van der Waals surface area contributed by atoms with Gasteiger partial charge in [0.25, 0.3) is 0 Å². The second-order valence-electron chi connectivity index (χ2n) is 6.25. The summed E-state index contributed by atoms with van der Waals surface area (Å²) in [5.41, 5.74) is 3.46. The van der Waals surface area contributed by atoms with E-state index in [-0.39, 0.29) is 6.10 Å². The van der Waals surface area contributed by atoms with Crippen LogP contribution in [0.2, 0.25) is 0 Å². The molecule has 2 rings (SSSR count). The van der Waals surface area contributed by atoms with E-state index >= 15 is 0 Å².